The van der Waals surface area contributed by atoms with Crippen LogP contribution in [0.25, 0.3) is 0 Å². The molecule has 108 valence electrons. The summed E-state index contributed by atoms with van der Waals surface area (Å²) < 4.78 is 10.8. The molecule has 0 radical (unpaired) electrons. The molecule has 1 amide bonds. The summed E-state index contributed by atoms with van der Waals surface area (Å²) in [5.41, 5.74) is 6.44. The highest BCUT2D eigenvalue weighted by atomic mass is 16.7. The minimum atomic E-state index is -0.00523. The normalized spacial score (nSPS) is 24.8. The molecule has 1 aromatic rings. The molecule has 2 aliphatic rings. The van der Waals surface area contributed by atoms with Crippen LogP contribution in [0.3, 0.4) is 0 Å². The van der Waals surface area contributed by atoms with Gasteiger partial charge in [-0.2, -0.15) is 0 Å². The Morgan fingerprint density at radius 2 is 2.30 bits per heavy atom. The second-order valence-electron chi connectivity index (χ2n) is 5.46. The molecule has 0 spiro atoms. The molecule has 1 fully saturated rings. The average Bonchev–Trinajstić information content (AvgIpc) is 2.94. The second kappa shape index (κ2) is 5.32. The topological polar surface area (TPSA) is 64.8 Å². The Hall–Kier alpha value is -1.75. The summed E-state index contributed by atoms with van der Waals surface area (Å²) in [5, 5.41) is 0. The summed E-state index contributed by atoms with van der Waals surface area (Å²) in [7, 11) is 0. The minimum absolute atomic E-state index is 0.00523. The van der Waals surface area contributed by atoms with Gasteiger partial charge in [0.25, 0.3) is 5.91 Å². The Labute approximate surface area is 118 Å². The number of carbonyl (C=O) groups excluding carboxylic acids is 1. The molecule has 0 unspecified atom stereocenters. The third-order valence-electron chi connectivity index (χ3n) is 4.25. The molecule has 1 aromatic carbocycles. The number of fused-ring (bicyclic) bond motifs is 1. The maximum atomic E-state index is 12.8. The zero-order valence-corrected chi connectivity index (χ0v) is 11.7. The van der Waals surface area contributed by atoms with Gasteiger partial charge in [0.15, 0.2) is 11.5 Å². The van der Waals surface area contributed by atoms with E-state index in [1.54, 1.807) is 6.07 Å². The van der Waals surface area contributed by atoms with Gasteiger partial charge in [-0.25, -0.2) is 0 Å². The van der Waals surface area contributed by atoms with E-state index in [4.69, 9.17) is 15.2 Å². The fourth-order valence-electron chi connectivity index (χ4n) is 3.11. The Bertz CT molecular complexity index is 518. The Morgan fingerprint density at radius 3 is 3.10 bits per heavy atom. The van der Waals surface area contributed by atoms with E-state index in [1.807, 2.05) is 17.0 Å². The van der Waals surface area contributed by atoms with Gasteiger partial charge >= 0.3 is 0 Å². The quantitative estimate of drug-likeness (QED) is 0.891. The first-order chi connectivity index (χ1) is 9.72. The van der Waals surface area contributed by atoms with Gasteiger partial charge in [0, 0.05) is 19.1 Å². The maximum absolute atomic E-state index is 12.8. The molecular formula is C15H20N2O3. The molecule has 20 heavy (non-hydrogen) atoms. The van der Waals surface area contributed by atoms with E-state index in [2.05, 4.69) is 6.92 Å². The molecule has 3 rings (SSSR count). The van der Waals surface area contributed by atoms with E-state index < -0.39 is 0 Å². The summed E-state index contributed by atoms with van der Waals surface area (Å²) >= 11 is 0. The van der Waals surface area contributed by atoms with Gasteiger partial charge in [0.2, 0.25) is 6.79 Å². The lowest BCUT2D eigenvalue weighted by atomic mass is 9.90. The summed E-state index contributed by atoms with van der Waals surface area (Å²) in [5.74, 6) is 1.64. The molecule has 2 heterocycles. The molecule has 5 heteroatoms. The largest absolute Gasteiger partial charge is 0.454 e. The summed E-state index contributed by atoms with van der Waals surface area (Å²) in [6.45, 7) is 3.59. The Balaban J connectivity index is 1.90. The Kier molecular flexibility index (Phi) is 3.53. The molecule has 0 bridgehead atoms. The van der Waals surface area contributed by atoms with Crippen LogP contribution in [-0.2, 0) is 0 Å². The third-order valence-corrected chi connectivity index (χ3v) is 4.25. The van der Waals surface area contributed by atoms with Gasteiger partial charge in [0.05, 0.1) is 5.56 Å². The van der Waals surface area contributed by atoms with Crippen LogP contribution < -0.4 is 15.2 Å². The van der Waals surface area contributed by atoms with Crippen LogP contribution in [0.2, 0.25) is 0 Å². The van der Waals surface area contributed by atoms with E-state index in [0.717, 1.165) is 19.4 Å². The van der Waals surface area contributed by atoms with E-state index in [-0.39, 0.29) is 18.7 Å². The zero-order valence-electron chi connectivity index (χ0n) is 11.7. The van der Waals surface area contributed by atoms with Crippen molar-refractivity contribution in [2.75, 3.05) is 19.9 Å². The van der Waals surface area contributed by atoms with Crippen LogP contribution in [0.1, 0.15) is 30.1 Å². The van der Waals surface area contributed by atoms with Crippen molar-refractivity contribution in [1.82, 2.24) is 4.90 Å². The smallest absolute Gasteiger partial charge is 0.258 e. The number of para-hydroxylation sites is 1. The molecule has 2 atom stereocenters. The maximum Gasteiger partial charge on any atom is 0.258 e. The van der Waals surface area contributed by atoms with Gasteiger partial charge in [-0.15, -0.1) is 0 Å². The molecule has 0 saturated carbocycles. The van der Waals surface area contributed by atoms with Crippen LogP contribution in [0, 0.1) is 5.92 Å². The number of rotatable bonds is 2. The fraction of sp³-hybridized carbons (Fsp3) is 0.533. The summed E-state index contributed by atoms with van der Waals surface area (Å²) in [6, 6.07) is 5.54. The van der Waals surface area contributed by atoms with Gasteiger partial charge < -0.3 is 20.1 Å². The summed E-state index contributed by atoms with van der Waals surface area (Å²) in [4.78, 5) is 14.7. The lowest BCUT2D eigenvalue weighted by molar-refractivity contribution is 0.0528. The molecule has 5 nitrogen and oxygen atoms in total. The predicted molar refractivity (Wildman–Crippen MR) is 74.8 cm³/mol. The van der Waals surface area contributed by atoms with Crippen molar-refractivity contribution in [1.29, 1.82) is 0 Å². The highest BCUT2D eigenvalue weighted by Crippen LogP contribution is 2.37. The fourth-order valence-corrected chi connectivity index (χ4v) is 3.11. The second-order valence-corrected chi connectivity index (χ2v) is 5.46. The molecule has 0 aliphatic carbocycles. The van der Waals surface area contributed by atoms with Crippen molar-refractivity contribution in [3.63, 3.8) is 0 Å². The van der Waals surface area contributed by atoms with E-state index in [0.29, 0.717) is 29.5 Å². The number of hydrogen-bond acceptors (Lipinski definition) is 4. The van der Waals surface area contributed by atoms with Crippen molar-refractivity contribution < 1.29 is 14.3 Å². The van der Waals surface area contributed by atoms with Crippen molar-refractivity contribution in [3.05, 3.63) is 23.8 Å². The number of likely N-dealkylation sites (tertiary alicyclic amines) is 1. The van der Waals surface area contributed by atoms with Crippen molar-refractivity contribution in [2.24, 2.45) is 11.7 Å². The lowest BCUT2D eigenvalue weighted by Crippen LogP contribution is -2.51. The van der Waals surface area contributed by atoms with Crippen LogP contribution in [0.5, 0.6) is 11.5 Å². The van der Waals surface area contributed by atoms with Gasteiger partial charge in [-0.3, -0.25) is 4.79 Å². The molecule has 1 saturated heterocycles. The highest BCUT2D eigenvalue weighted by molar-refractivity contribution is 5.98. The molecule has 0 aromatic heterocycles. The number of nitrogens with two attached hydrogens (primary N) is 1. The number of ether oxygens (including phenoxy) is 2. The summed E-state index contributed by atoms with van der Waals surface area (Å²) in [6.07, 6.45) is 2.15. The number of benzene rings is 1. The first-order valence-electron chi connectivity index (χ1n) is 7.12. The minimum Gasteiger partial charge on any atom is -0.454 e. The lowest BCUT2D eigenvalue weighted by Gasteiger charge is -2.39. The number of amides is 1. The Morgan fingerprint density at radius 1 is 1.45 bits per heavy atom. The first-order valence-corrected chi connectivity index (χ1v) is 7.12. The number of hydrogen-bond donors (Lipinski definition) is 1. The van der Waals surface area contributed by atoms with Crippen molar-refractivity contribution >= 4 is 5.91 Å². The number of piperidine rings is 1. The SMILES string of the molecule is C[C@@H]1CCCN(C(=O)c2cccc3c2OCO3)[C@@H]1CN. The van der Waals surface area contributed by atoms with Crippen LogP contribution in [0.4, 0.5) is 0 Å². The van der Waals surface area contributed by atoms with E-state index >= 15 is 0 Å². The van der Waals surface area contributed by atoms with Gasteiger partial charge in [-0.1, -0.05) is 13.0 Å². The van der Waals surface area contributed by atoms with Crippen LogP contribution >= 0.6 is 0 Å². The van der Waals surface area contributed by atoms with Gasteiger partial charge in [0.1, 0.15) is 0 Å². The molecule has 2 N–H and O–H groups in total. The number of nitrogens with zero attached hydrogens (tertiary/aromatic N) is 1. The van der Waals surface area contributed by atoms with E-state index in [1.165, 1.54) is 0 Å². The highest BCUT2D eigenvalue weighted by Gasteiger charge is 2.33. The van der Waals surface area contributed by atoms with Crippen LogP contribution in [0.15, 0.2) is 18.2 Å². The predicted octanol–water partition coefficient (Wildman–Crippen LogP) is 1.61. The third kappa shape index (κ3) is 2.12. The van der Waals surface area contributed by atoms with Crippen molar-refractivity contribution in [2.45, 2.75) is 25.8 Å². The average molecular weight is 276 g/mol. The standard InChI is InChI=1S/C15H20N2O3/c1-10-4-3-7-17(12(10)8-16)15(18)11-5-2-6-13-14(11)20-9-19-13/h2,5-6,10,12H,3-4,7-9,16H2,1H3/t10-,12-/m1/s1. The van der Waals surface area contributed by atoms with Gasteiger partial charge in [-0.05, 0) is 30.9 Å². The number of carbonyl (C=O) groups is 1. The molecule has 2 aliphatic heterocycles. The first kappa shape index (κ1) is 13.2. The zero-order chi connectivity index (χ0) is 14.1. The molecular weight excluding hydrogens is 256 g/mol. The van der Waals surface area contributed by atoms with E-state index in [9.17, 15) is 4.79 Å². The van der Waals surface area contributed by atoms with Crippen LogP contribution in [-0.4, -0.2) is 36.7 Å². The van der Waals surface area contributed by atoms with Crippen molar-refractivity contribution in [3.8, 4) is 11.5 Å². The monoisotopic (exact) mass is 276 g/mol.